The third-order valence-electron chi connectivity index (χ3n) is 3.53. The van der Waals surface area contributed by atoms with Gasteiger partial charge in [-0.05, 0) is 19.4 Å². The monoisotopic (exact) mass is 249 g/mol. The van der Waals surface area contributed by atoms with Crippen molar-refractivity contribution < 1.29 is 4.79 Å². The lowest BCUT2D eigenvalue weighted by molar-refractivity contribution is 0.185. The van der Waals surface area contributed by atoms with Crippen molar-refractivity contribution in [1.82, 2.24) is 15.1 Å². The average molecular weight is 249 g/mol. The van der Waals surface area contributed by atoms with Crippen molar-refractivity contribution in [2.45, 2.75) is 19.9 Å². The van der Waals surface area contributed by atoms with Gasteiger partial charge in [0.05, 0.1) is 6.54 Å². The molecule has 2 rings (SSSR count). The van der Waals surface area contributed by atoms with Gasteiger partial charge in [0.2, 0.25) is 0 Å². The van der Waals surface area contributed by atoms with Crippen LogP contribution in [0.25, 0.3) is 0 Å². The number of piperazine rings is 1. The van der Waals surface area contributed by atoms with Crippen LogP contribution in [0.15, 0.2) is 16.3 Å². The Balaban J connectivity index is 2.27. The van der Waals surface area contributed by atoms with E-state index in [2.05, 4.69) is 15.2 Å². The second-order valence-electron chi connectivity index (χ2n) is 4.55. The number of carbonyl (C=O) groups excluding carboxylic acids is 1. The fourth-order valence-electron chi connectivity index (χ4n) is 2.43. The first kappa shape index (κ1) is 12.6. The van der Waals surface area contributed by atoms with Gasteiger partial charge in [-0.25, -0.2) is 4.79 Å². The lowest BCUT2D eigenvalue weighted by Crippen LogP contribution is -2.53. The van der Waals surface area contributed by atoms with Gasteiger partial charge in [-0.2, -0.15) is 0 Å². The zero-order valence-electron chi connectivity index (χ0n) is 11.0. The minimum atomic E-state index is -0.180. The topological polar surface area (TPSA) is 71.8 Å². The van der Waals surface area contributed by atoms with E-state index in [1.807, 2.05) is 13.8 Å². The normalized spacial score (nSPS) is 23.5. The summed E-state index contributed by atoms with van der Waals surface area (Å²) in [4.78, 5) is 20.1. The van der Waals surface area contributed by atoms with Crippen LogP contribution >= 0.6 is 0 Å². The number of urea groups is 1. The molecule has 2 amide bonds. The molecule has 0 bridgehead atoms. The number of amides is 2. The van der Waals surface area contributed by atoms with Gasteiger partial charge in [0.15, 0.2) is 0 Å². The standard InChI is InChI=1S/C12H19N5O/c1-8-10(6-13)15-9(2)17-5-4-16(7-11(8)17)12(18)14-3/h6,10,13H,4-5,7H2,1-3H3,(H,14,18)/t10-/m0/s1. The van der Waals surface area contributed by atoms with E-state index in [1.165, 1.54) is 6.21 Å². The molecule has 0 aromatic carbocycles. The van der Waals surface area contributed by atoms with Crippen LogP contribution in [0.2, 0.25) is 0 Å². The van der Waals surface area contributed by atoms with Crippen LogP contribution in [0.3, 0.4) is 0 Å². The first-order valence-electron chi connectivity index (χ1n) is 6.07. The first-order valence-corrected chi connectivity index (χ1v) is 6.07. The van der Waals surface area contributed by atoms with Gasteiger partial charge in [-0.15, -0.1) is 0 Å². The third kappa shape index (κ3) is 1.98. The van der Waals surface area contributed by atoms with Crippen LogP contribution < -0.4 is 5.32 Å². The molecule has 1 saturated heterocycles. The van der Waals surface area contributed by atoms with Gasteiger partial charge in [0.25, 0.3) is 0 Å². The number of amidine groups is 1. The Hall–Kier alpha value is -1.85. The molecule has 0 radical (unpaired) electrons. The van der Waals surface area contributed by atoms with Crippen molar-refractivity contribution in [2.75, 3.05) is 26.7 Å². The lowest BCUT2D eigenvalue weighted by Gasteiger charge is -2.41. The average Bonchev–Trinajstić information content (AvgIpc) is 2.41. The van der Waals surface area contributed by atoms with Gasteiger partial charge >= 0.3 is 6.03 Å². The summed E-state index contributed by atoms with van der Waals surface area (Å²) in [6.45, 7) is 5.99. The van der Waals surface area contributed by atoms with Gasteiger partial charge in [-0.3, -0.25) is 4.99 Å². The van der Waals surface area contributed by atoms with E-state index in [9.17, 15) is 4.79 Å². The number of rotatable bonds is 1. The SMILES string of the molecule is CNC(=O)N1CCN2C(C)=N[C@@H](C=N)C(C)=C2C1. The van der Waals surface area contributed by atoms with Crippen molar-refractivity contribution in [3.63, 3.8) is 0 Å². The van der Waals surface area contributed by atoms with Gasteiger partial charge in [0, 0.05) is 32.0 Å². The van der Waals surface area contributed by atoms with E-state index >= 15 is 0 Å². The molecule has 1 fully saturated rings. The van der Waals surface area contributed by atoms with Crippen molar-refractivity contribution in [1.29, 1.82) is 5.41 Å². The molecular weight excluding hydrogens is 230 g/mol. The summed E-state index contributed by atoms with van der Waals surface area (Å²) >= 11 is 0. The highest BCUT2D eigenvalue weighted by Gasteiger charge is 2.31. The van der Waals surface area contributed by atoms with Gasteiger partial charge < -0.3 is 20.5 Å². The summed E-state index contributed by atoms with van der Waals surface area (Å²) in [5, 5.41) is 10.1. The summed E-state index contributed by atoms with van der Waals surface area (Å²) in [6.07, 6.45) is 1.35. The fourth-order valence-corrected chi connectivity index (χ4v) is 2.43. The molecule has 0 saturated carbocycles. The van der Waals surface area contributed by atoms with Crippen molar-refractivity contribution in [3.05, 3.63) is 11.3 Å². The minimum Gasteiger partial charge on any atom is -0.341 e. The number of hydrogen-bond acceptors (Lipinski definition) is 4. The Morgan fingerprint density at radius 3 is 2.83 bits per heavy atom. The Bertz CT molecular complexity index is 440. The Morgan fingerprint density at radius 1 is 1.50 bits per heavy atom. The molecule has 0 spiro atoms. The maximum absolute atomic E-state index is 11.7. The molecule has 6 nitrogen and oxygen atoms in total. The zero-order valence-corrected chi connectivity index (χ0v) is 11.0. The van der Waals surface area contributed by atoms with Crippen LogP contribution in [0.1, 0.15) is 13.8 Å². The second kappa shape index (κ2) is 4.80. The summed E-state index contributed by atoms with van der Waals surface area (Å²) in [5.41, 5.74) is 2.16. The van der Waals surface area contributed by atoms with Crippen molar-refractivity contribution in [2.24, 2.45) is 4.99 Å². The zero-order chi connectivity index (χ0) is 13.3. The highest BCUT2D eigenvalue weighted by atomic mass is 16.2. The Morgan fingerprint density at radius 2 is 2.22 bits per heavy atom. The smallest absolute Gasteiger partial charge is 0.317 e. The molecule has 0 aromatic rings. The third-order valence-corrected chi connectivity index (χ3v) is 3.53. The van der Waals surface area contributed by atoms with Gasteiger partial charge in [0.1, 0.15) is 11.9 Å². The number of hydrogen-bond donors (Lipinski definition) is 2. The quantitative estimate of drug-likeness (QED) is 0.670. The first-order chi connectivity index (χ1) is 8.58. The van der Waals surface area contributed by atoms with E-state index in [1.54, 1.807) is 11.9 Å². The molecule has 2 N–H and O–H groups in total. The second-order valence-corrected chi connectivity index (χ2v) is 4.55. The van der Waals surface area contributed by atoms with Crippen LogP contribution in [0.4, 0.5) is 4.79 Å². The lowest BCUT2D eigenvalue weighted by atomic mass is 10.0. The van der Waals surface area contributed by atoms with Crippen LogP contribution in [0, 0.1) is 5.41 Å². The minimum absolute atomic E-state index is 0.0541. The van der Waals surface area contributed by atoms with Crippen LogP contribution in [0.5, 0.6) is 0 Å². The molecule has 6 heteroatoms. The number of nitrogens with zero attached hydrogens (tertiary/aromatic N) is 3. The molecule has 0 unspecified atom stereocenters. The van der Waals surface area contributed by atoms with Crippen molar-refractivity contribution >= 4 is 18.1 Å². The molecular formula is C12H19N5O. The van der Waals surface area contributed by atoms with Crippen molar-refractivity contribution in [3.8, 4) is 0 Å². The van der Waals surface area contributed by atoms with E-state index in [-0.39, 0.29) is 12.1 Å². The molecule has 98 valence electrons. The number of nitrogens with one attached hydrogen (secondary N) is 2. The van der Waals surface area contributed by atoms with E-state index in [0.29, 0.717) is 13.1 Å². The maximum atomic E-state index is 11.7. The van der Waals surface area contributed by atoms with E-state index in [4.69, 9.17) is 5.41 Å². The summed E-state index contributed by atoms with van der Waals surface area (Å²) in [6, 6.07) is -0.234. The Kier molecular flexibility index (Phi) is 3.36. The molecule has 0 aromatic heterocycles. The van der Waals surface area contributed by atoms with Crippen LogP contribution in [-0.2, 0) is 0 Å². The number of fused-ring (bicyclic) bond motifs is 1. The summed E-state index contributed by atoms with van der Waals surface area (Å²) < 4.78 is 0. The molecule has 2 heterocycles. The predicted molar refractivity (Wildman–Crippen MR) is 71.1 cm³/mol. The number of aliphatic imine (C=N–C) groups is 1. The molecule has 0 aliphatic carbocycles. The number of carbonyl (C=O) groups is 1. The maximum Gasteiger partial charge on any atom is 0.317 e. The van der Waals surface area contributed by atoms with Gasteiger partial charge in [-0.1, -0.05) is 0 Å². The Labute approximate surface area is 107 Å². The molecule has 18 heavy (non-hydrogen) atoms. The summed E-state index contributed by atoms with van der Waals surface area (Å²) in [5.74, 6) is 0.931. The van der Waals surface area contributed by atoms with E-state index in [0.717, 1.165) is 23.7 Å². The van der Waals surface area contributed by atoms with E-state index < -0.39 is 0 Å². The highest BCUT2D eigenvalue weighted by Crippen LogP contribution is 2.25. The molecule has 2 aliphatic rings. The highest BCUT2D eigenvalue weighted by molar-refractivity contribution is 5.87. The largest absolute Gasteiger partial charge is 0.341 e. The molecule has 2 aliphatic heterocycles. The van der Waals surface area contributed by atoms with Crippen LogP contribution in [-0.4, -0.2) is 60.6 Å². The molecule has 1 atom stereocenters. The predicted octanol–water partition coefficient (Wildman–Crippen LogP) is 0.668. The summed E-state index contributed by atoms with van der Waals surface area (Å²) in [7, 11) is 1.64. The fraction of sp³-hybridized carbons (Fsp3) is 0.583.